The second kappa shape index (κ2) is 11.6. The zero-order chi connectivity index (χ0) is 31.6. The number of aromatic nitrogens is 1. The third-order valence-electron chi connectivity index (χ3n) is 9.32. The van der Waals surface area contributed by atoms with Gasteiger partial charge in [-0.2, -0.15) is 0 Å². The molecular weight excluding hydrogens is 621 g/mol. The Kier molecular flexibility index (Phi) is 8.20. The number of nitrogens with one attached hydrogen (secondary N) is 2. The predicted molar refractivity (Wildman–Crippen MR) is 172 cm³/mol. The van der Waals surface area contributed by atoms with E-state index in [0.29, 0.717) is 53.2 Å². The van der Waals surface area contributed by atoms with E-state index >= 15 is 0 Å². The molecule has 1 aromatic heterocycles. The number of carbonyl (C=O) groups is 3. The number of fused-ring (bicyclic) bond motifs is 2. The Bertz CT molecular complexity index is 1590. The van der Waals surface area contributed by atoms with Crippen LogP contribution in [-0.4, -0.2) is 85.2 Å². The summed E-state index contributed by atoms with van der Waals surface area (Å²) in [6.07, 6.45) is 1.45. The summed E-state index contributed by atoms with van der Waals surface area (Å²) in [7, 11) is 0. The van der Waals surface area contributed by atoms with Gasteiger partial charge in [0.15, 0.2) is 4.90 Å². The first-order valence-electron chi connectivity index (χ1n) is 14.9. The van der Waals surface area contributed by atoms with Gasteiger partial charge in [-0.15, -0.1) is 4.31 Å². The van der Waals surface area contributed by atoms with Crippen molar-refractivity contribution < 1.29 is 18.9 Å². The lowest BCUT2D eigenvalue weighted by molar-refractivity contribution is -0.209. The van der Waals surface area contributed by atoms with Crippen LogP contribution in [0, 0.1) is 11.3 Å². The minimum Gasteiger partial charge on any atom is -0.593 e. The number of rotatable bonds is 6. The molecule has 3 aliphatic rings. The van der Waals surface area contributed by atoms with Crippen molar-refractivity contribution in [3.05, 3.63) is 64.3 Å². The third kappa shape index (κ3) is 5.49. The van der Waals surface area contributed by atoms with E-state index in [1.165, 1.54) is 0 Å². The van der Waals surface area contributed by atoms with Crippen LogP contribution in [0.5, 0.6) is 0 Å². The van der Waals surface area contributed by atoms with Crippen LogP contribution < -0.4 is 5.32 Å². The van der Waals surface area contributed by atoms with E-state index in [1.807, 2.05) is 61.8 Å². The zero-order valence-corrected chi connectivity index (χ0v) is 27.6. The highest BCUT2D eigenvalue weighted by molar-refractivity contribution is 7.89. The average Bonchev–Trinajstić information content (AvgIpc) is 3.43. The molecule has 0 bridgehead atoms. The summed E-state index contributed by atoms with van der Waals surface area (Å²) < 4.78 is 15.1. The maximum atomic E-state index is 13.9. The molecule has 3 fully saturated rings. The standard InChI is InChI=1S/C32H37Cl2N5O4S/c1-31(2,3)27(36-28(40)24-14-19-8-5-6-10-23(19)35-24)30(42)39-17-26-32(39,4)18-38(26)29(41)20-9-7-13-37(16-20)44(43)25-15-21(33)11-12-22(25)34/h5-6,8,10-12,14-15,20,26-27,35H,7,9,13,16-18H2,1-4H3,(H,36,40)/t20?,26-,27?,32?,44?/m1/s1. The number of likely N-dealkylation sites (tertiary alicyclic amines) is 2. The second-order valence-corrected chi connectivity index (χ2v) is 15.7. The molecule has 3 saturated heterocycles. The summed E-state index contributed by atoms with van der Waals surface area (Å²) in [5.74, 6) is -0.748. The zero-order valence-electron chi connectivity index (χ0n) is 25.2. The number of para-hydroxylation sites is 1. The van der Waals surface area contributed by atoms with Crippen molar-refractivity contribution >= 4 is 63.2 Å². The Morgan fingerprint density at radius 1 is 1.11 bits per heavy atom. The molecule has 2 N–H and O–H groups in total. The fourth-order valence-corrected chi connectivity index (χ4v) is 8.58. The van der Waals surface area contributed by atoms with Crippen molar-refractivity contribution in [3.63, 3.8) is 0 Å². The Morgan fingerprint density at radius 2 is 1.86 bits per heavy atom. The van der Waals surface area contributed by atoms with Crippen LogP contribution in [-0.2, 0) is 21.0 Å². The summed E-state index contributed by atoms with van der Waals surface area (Å²) >= 11 is 10.9. The quantitative estimate of drug-likeness (QED) is 0.368. The van der Waals surface area contributed by atoms with E-state index in [0.717, 1.165) is 17.3 Å². The maximum absolute atomic E-state index is 13.9. The number of hydrogen-bond donors (Lipinski definition) is 2. The monoisotopic (exact) mass is 657 g/mol. The van der Waals surface area contributed by atoms with Gasteiger partial charge >= 0.3 is 0 Å². The topological polar surface area (TPSA) is 112 Å². The van der Waals surface area contributed by atoms with Crippen molar-refractivity contribution in [1.29, 1.82) is 0 Å². The lowest BCUT2D eigenvalue weighted by Gasteiger charge is -2.70. The van der Waals surface area contributed by atoms with Crippen LogP contribution in [0.2, 0.25) is 10.0 Å². The number of aromatic amines is 1. The molecule has 0 aliphatic carbocycles. The number of H-pyrrole nitrogens is 1. The Labute approximate surface area is 270 Å². The molecule has 12 heteroatoms. The summed E-state index contributed by atoms with van der Waals surface area (Å²) in [5, 5.41) is 4.75. The van der Waals surface area contributed by atoms with Crippen molar-refractivity contribution in [2.75, 3.05) is 26.2 Å². The summed E-state index contributed by atoms with van der Waals surface area (Å²) in [5.41, 5.74) is 0.232. The number of nitrogens with zero attached hydrogens (tertiary/aromatic N) is 3. The average molecular weight is 659 g/mol. The molecule has 3 aliphatic heterocycles. The van der Waals surface area contributed by atoms with E-state index < -0.39 is 28.4 Å². The fraction of sp³-hybridized carbons (Fsp3) is 0.469. The van der Waals surface area contributed by atoms with E-state index in [9.17, 15) is 18.9 Å². The number of amides is 3. The molecule has 6 rings (SSSR count). The molecule has 234 valence electrons. The van der Waals surface area contributed by atoms with Crippen molar-refractivity contribution in [2.24, 2.45) is 11.3 Å². The number of carbonyl (C=O) groups excluding carboxylic acids is 3. The number of hydrogen-bond acceptors (Lipinski definition) is 5. The van der Waals surface area contributed by atoms with Crippen LogP contribution in [0.3, 0.4) is 0 Å². The molecule has 44 heavy (non-hydrogen) atoms. The molecule has 4 heterocycles. The first-order valence-corrected chi connectivity index (χ1v) is 16.8. The molecule has 0 spiro atoms. The van der Waals surface area contributed by atoms with Crippen molar-refractivity contribution in [3.8, 4) is 0 Å². The van der Waals surface area contributed by atoms with Crippen molar-refractivity contribution in [1.82, 2.24) is 24.4 Å². The third-order valence-corrected chi connectivity index (χ3v) is 11.5. The summed E-state index contributed by atoms with van der Waals surface area (Å²) in [4.78, 5) is 48.1. The van der Waals surface area contributed by atoms with Gasteiger partial charge in [-0.05, 0) is 49.4 Å². The van der Waals surface area contributed by atoms with Crippen LogP contribution in [0.1, 0.15) is 51.0 Å². The minimum absolute atomic E-state index is 0.0259. The van der Waals surface area contributed by atoms with Crippen molar-refractivity contribution in [2.45, 2.75) is 63.1 Å². The van der Waals surface area contributed by atoms with Crippen LogP contribution in [0.25, 0.3) is 10.9 Å². The van der Waals surface area contributed by atoms with E-state index in [1.54, 1.807) is 28.6 Å². The highest BCUT2D eigenvalue weighted by atomic mass is 35.5. The highest BCUT2D eigenvalue weighted by Crippen LogP contribution is 2.46. The molecule has 0 saturated carbocycles. The maximum Gasteiger partial charge on any atom is 0.268 e. The number of halogens is 2. The van der Waals surface area contributed by atoms with Gasteiger partial charge in [-0.3, -0.25) is 14.4 Å². The van der Waals surface area contributed by atoms with E-state index in [-0.39, 0.29) is 29.7 Å². The molecule has 3 aromatic rings. The molecule has 5 atom stereocenters. The molecule has 0 radical (unpaired) electrons. The summed E-state index contributed by atoms with van der Waals surface area (Å²) in [6, 6.07) is 13.5. The molecule has 9 nitrogen and oxygen atoms in total. The molecule has 2 aromatic carbocycles. The number of piperidine rings is 1. The Hall–Kier alpha value is -2.76. The lowest BCUT2D eigenvalue weighted by atomic mass is 9.70. The van der Waals surface area contributed by atoms with Crippen LogP contribution in [0.4, 0.5) is 0 Å². The normalized spacial score (nSPS) is 25.1. The minimum atomic E-state index is -1.53. The van der Waals surface area contributed by atoms with E-state index in [4.69, 9.17) is 23.2 Å². The van der Waals surface area contributed by atoms with Gasteiger partial charge in [-0.25, -0.2) is 0 Å². The second-order valence-electron chi connectivity index (χ2n) is 13.4. The fourth-order valence-electron chi connectivity index (χ4n) is 6.67. The Morgan fingerprint density at radius 3 is 2.55 bits per heavy atom. The Balaban J connectivity index is 1.10. The first-order chi connectivity index (χ1) is 20.8. The predicted octanol–water partition coefficient (Wildman–Crippen LogP) is 4.87. The smallest absolute Gasteiger partial charge is 0.268 e. The van der Waals surface area contributed by atoms with Gasteiger partial charge in [0, 0.05) is 41.6 Å². The SMILES string of the molecule is CC(C)(C)C(NC(=O)c1cc2ccccc2[nH]1)C(=O)N1C[C@H]2N(C(=O)C3CCCN([S+]([O-])c4cc(Cl)ccc4Cl)C3)CC21C. The van der Waals surface area contributed by atoms with Crippen LogP contribution >= 0.6 is 23.2 Å². The molecule has 4 unspecified atom stereocenters. The van der Waals surface area contributed by atoms with Gasteiger partial charge in [0.2, 0.25) is 11.8 Å². The van der Waals surface area contributed by atoms with E-state index in [2.05, 4.69) is 10.3 Å². The summed E-state index contributed by atoms with van der Waals surface area (Å²) in [6.45, 7) is 9.62. The van der Waals surface area contributed by atoms with Gasteiger partial charge in [0.1, 0.15) is 11.7 Å². The number of piperazine rings is 1. The lowest BCUT2D eigenvalue weighted by Crippen LogP contribution is -2.89. The number of benzene rings is 2. The van der Waals surface area contributed by atoms with Gasteiger partial charge in [0.25, 0.3) is 5.91 Å². The largest absolute Gasteiger partial charge is 0.593 e. The van der Waals surface area contributed by atoms with Gasteiger partial charge < -0.3 is 24.7 Å². The van der Waals surface area contributed by atoms with Gasteiger partial charge in [-0.1, -0.05) is 62.2 Å². The molecule has 3 amide bonds. The first kappa shape index (κ1) is 31.2. The molecular formula is C32H37Cl2N5O4S. The highest BCUT2D eigenvalue weighted by Gasteiger charge is 2.65. The van der Waals surface area contributed by atoms with Crippen LogP contribution in [0.15, 0.2) is 53.4 Å². The van der Waals surface area contributed by atoms with Gasteiger partial charge in [0.05, 0.1) is 40.4 Å².